The first-order valence-electron chi connectivity index (χ1n) is 7.72. The lowest BCUT2D eigenvalue weighted by molar-refractivity contribution is -0.145. The highest BCUT2D eigenvalue weighted by atomic mass is 16.6. The van der Waals surface area contributed by atoms with Gasteiger partial charge in [0, 0.05) is 6.42 Å². The molecule has 0 saturated carbocycles. The molecule has 0 unspecified atom stereocenters. The van der Waals surface area contributed by atoms with Crippen LogP contribution in [0, 0.1) is 0 Å². The van der Waals surface area contributed by atoms with Crippen molar-refractivity contribution in [3.63, 3.8) is 0 Å². The van der Waals surface area contributed by atoms with Gasteiger partial charge < -0.3 is 19.3 Å². The van der Waals surface area contributed by atoms with Crippen molar-refractivity contribution in [3.05, 3.63) is 0 Å². The van der Waals surface area contributed by atoms with E-state index in [2.05, 4.69) is 4.74 Å². The van der Waals surface area contributed by atoms with E-state index in [0.29, 0.717) is 4.90 Å². The highest BCUT2D eigenvalue weighted by molar-refractivity contribution is 5.93. The number of nitrogens with zero attached hydrogens (tertiary/aromatic N) is 1. The number of esters is 1. The number of hydrogen-bond acceptors (Lipinski definition) is 7. The molecular weight excluding hydrogens is 334 g/mol. The second-order valence-corrected chi connectivity index (χ2v) is 7.30. The Morgan fingerprint density at radius 2 is 1.32 bits per heavy atom. The fourth-order valence-electron chi connectivity index (χ4n) is 1.67. The number of amides is 2. The number of carboxylic acids is 1. The van der Waals surface area contributed by atoms with Crippen LogP contribution in [0.5, 0.6) is 0 Å². The van der Waals surface area contributed by atoms with Crippen molar-refractivity contribution in [3.8, 4) is 0 Å². The molecule has 0 spiro atoms. The van der Waals surface area contributed by atoms with E-state index in [1.807, 2.05) is 0 Å². The number of imide groups is 1. The molecule has 144 valence electrons. The Morgan fingerprint density at radius 3 is 1.60 bits per heavy atom. The fourth-order valence-corrected chi connectivity index (χ4v) is 1.67. The fraction of sp³-hybridized carbons (Fsp3) is 0.750. The van der Waals surface area contributed by atoms with Gasteiger partial charge in [-0.15, -0.1) is 0 Å². The highest BCUT2D eigenvalue weighted by Gasteiger charge is 2.40. The lowest BCUT2D eigenvalue weighted by Crippen LogP contribution is -2.52. The van der Waals surface area contributed by atoms with Gasteiger partial charge in [0.1, 0.15) is 17.2 Å². The molecule has 25 heavy (non-hydrogen) atoms. The van der Waals surface area contributed by atoms with E-state index in [-0.39, 0.29) is 12.8 Å². The standard InChI is InChI=1S/C16H27NO8/c1-15(2,3)24-13(21)17(14(22)25-16(4,5)6)10(12(19)20)8-9-11(18)23-7/h10H,8-9H2,1-7H3,(H,19,20)/t10-/m0/s1. The molecule has 1 atom stereocenters. The molecule has 0 aliphatic carbocycles. The van der Waals surface area contributed by atoms with Crippen LogP contribution in [0.25, 0.3) is 0 Å². The van der Waals surface area contributed by atoms with Crippen LogP contribution in [0.1, 0.15) is 54.4 Å². The molecule has 0 radical (unpaired) electrons. The molecule has 0 aromatic heterocycles. The molecular formula is C16H27NO8. The zero-order chi connectivity index (χ0) is 20.0. The molecule has 0 bridgehead atoms. The van der Waals surface area contributed by atoms with Crippen LogP contribution in [0.15, 0.2) is 0 Å². The number of hydrogen-bond donors (Lipinski definition) is 1. The normalized spacial score (nSPS) is 12.8. The van der Waals surface area contributed by atoms with Crippen molar-refractivity contribution in [2.24, 2.45) is 0 Å². The summed E-state index contributed by atoms with van der Waals surface area (Å²) in [6.45, 7) is 9.43. The van der Waals surface area contributed by atoms with Gasteiger partial charge in [-0.05, 0) is 48.0 Å². The van der Waals surface area contributed by atoms with Crippen LogP contribution in [0.3, 0.4) is 0 Å². The van der Waals surface area contributed by atoms with Gasteiger partial charge >= 0.3 is 24.1 Å². The third-order valence-corrected chi connectivity index (χ3v) is 2.63. The molecule has 0 saturated heterocycles. The molecule has 0 heterocycles. The summed E-state index contributed by atoms with van der Waals surface area (Å²) in [4.78, 5) is 48.0. The van der Waals surface area contributed by atoms with Crippen molar-refractivity contribution in [1.82, 2.24) is 4.90 Å². The molecule has 2 amide bonds. The minimum absolute atomic E-state index is 0.296. The number of carbonyl (C=O) groups excluding carboxylic acids is 3. The predicted octanol–water partition coefficient (Wildman–Crippen LogP) is 2.57. The van der Waals surface area contributed by atoms with E-state index < -0.39 is 41.4 Å². The number of carbonyl (C=O) groups is 4. The van der Waals surface area contributed by atoms with Crippen LogP contribution in [0.2, 0.25) is 0 Å². The smallest absolute Gasteiger partial charge is 0.420 e. The van der Waals surface area contributed by atoms with Crippen molar-refractivity contribution in [2.75, 3.05) is 7.11 Å². The summed E-state index contributed by atoms with van der Waals surface area (Å²) in [6, 6.07) is -1.64. The highest BCUT2D eigenvalue weighted by Crippen LogP contribution is 2.19. The van der Waals surface area contributed by atoms with Crippen LogP contribution < -0.4 is 0 Å². The van der Waals surface area contributed by atoms with Crippen LogP contribution in [-0.4, -0.2) is 58.5 Å². The van der Waals surface area contributed by atoms with Crippen molar-refractivity contribution in [2.45, 2.75) is 71.6 Å². The van der Waals surface area contributed by atoms with Crippen molar-refractivity contribution < 1.29 is 38.5 Å². The van der Waals surface area contributed by atoms with Gasteiger partial charge in [-0.3, -0.25) is 4.79 Å². The number of carboxylic acid groups (broad SMARTS) is 1. The Labute approximate surface area is 147 Å². The summed E-state index contributed by atoms with van der Waals surface area (Å²) in [6.07, 6.45) is -2.96. The summed E-state index contributed by atoms with van der Waals surface area (Å²) in [5.74, 6) is -2.14. The lowest BCUT2D eigenvalue weighted by atomic mass is 10.1. The van der Waals surface area contributed by atoms with E-state index in [1.165, 1.54) is 0 Å². The number of rotatable bonds is 5. The first-order chi connectivity index (χ1) is 11.2. The van der Waals surface area contributed by atoms with Gasteiger partial charge in [0.05, 0.1) is 7.11 Å². The summed E-state index contributed by atoms with van der Waals surface area (Å²) in [5.41, 5.74) is -1.91. The molecule has 9 heteroatoms. The largest absolute Gasteiger partial charge is 0.480 e. The predicted molar refractivity (Wildman–Crippen MR) is 87.0 cm³/mol. The number of aliphatic carboxylic acids is 1. The van der Waals surface area contributed by atoms with Crippen LogP contribution in [-0.2, 0) is 23.8 Å². The van der Waals surface area contributed by atoms with Crippen LogP contribution >= 0.6 is 0 Å². The quantitative estimate of drug-likeness (QED) is 0.586. The second-order valence-electron chi connectivity index (χ2n) is 7.30. The van der Waals surface area contributed by atoms with E-state index in [1.54, 1.807) is 41.5 Å². The van der Waals surface area contributed by atoms with Gasteiger partial charge in [-0.1, -0.05) is 0 Å². The van der Waals surface area contributed by atoms with Crippen molar-refractivity contribution in [1.29, 1.82) is 0 Å². The molecule has 9 nitrogen and oxygen atoms in total. The minimum Gasteiger partial charge on any atom is -0.480 e. The van der Waals surface area contributed by atoms with Gasteiger partial charge in [0.15, 0.2) is 0 Å². The third-order valence-electron chi connectivity index (χ3n) is 2.63. The van der Waals surface area contributed by atoms with E-state index in [0.717, 1.165) is 7.11 Å². The average molecular weight is 361 g/mol. The Bertz CT molecular complexity index is 487. The maximum atomic E-state index is 12.4. The summed E-state index contributed by atoms with van der Waals surface area (Å²) >= 11 is 0. The third kappa shape index (κ3) is 8.92. The Balaban J connectivity index is 5.63. The van der Waals surface area contributed by atoms with E-state index in [4.69, 9.17) is 9.47 Å². The maximum Gasteiger partial charge on any atom is 0.420 e. The molecule has 0 aliphatic rings. The van der Waals surface area contributed by atoms with Gasteiger partial charge in [-0.25, -0.2) is 14.4 Å². The Kier molecular flexibility index (Phi) is 7.88. The second kappa shape index (κ2) is 8.68. The number of methoxy groups -OCH3 is 1. The first kappa shape index (κ1) is 22.7. The molecule has 0 rings (SSSR count). The van der Waals surface area contributed by atoms with E-state index in [9.17, 15) is 24.3 Å². The first-order valence-corrected chi connectivity index (χ1v) is 7.72. The molecule has 0 fully saturated rings. The summed E-state index contributed by atoms with van der Waals surface area (Å²) in [5, 5.41) is 9.41. The Hall–Kier alpha value is -2.32. The topological polar surface area (TPSA) is 119 Å². The van der Waals surface area contributed by atoms with E-state index >= 15 is 0 Å². The monoisotopic (exact) mass is 361 g/mol. The van der Waals surface area contributed by atoms with Gasteiger partial charge in [0.2, 0.25) is 0 Å². The van der Waals surface area contributed by atoms with Gasteiger partial charge in [0.25, 0.3) is 0 Å². The molecule has 0 aliphatic heterocycles. The number of ether oxygens (including phenoxy) is 3. The zero-order valence-electron chi connectivity index (χ0n) is 15.7. The molecule has 1 N–H and O–H groups in total. The molecule has 0 aromatic carbocycles. The van der Waals surface area contributed by atoms with Crippen molar-refractivity contribution >= 4 is 24.1 Å². The SMILES string of the molecule is COC(=O)CC[C@@H](C(=O)O)N(C(=O)OC(C)(C)C)C(=O)OC(C)(C)C. The van der Waals surface area contributed by atoms with Crippen LogP contribution in [0.4, 0.5) is 9.59 Å². The van der Waals surface area contributed by atoms with Gasteiger partial charge in [-0.2, -0.15) is 4.90 Å². The molecule has 0 aromatic rings. The average Bonchev–Trinajstić information content (AvgIpc) is 2.37. The zero-order valence-corrected chi connectivity index (χ0v) is 15.7. The minimum atomic E-state index is -1.64. The summed E-state index contributed by atoms with van der Waals surface area (Å²) < 4.78 is 14.7. The lowest BCUT2D eigenvalue weighted by Gasteiger charge is -2.31. The summed E-state index contributed by atoms with van der Waals surface area (Å²) in [7, 11) is 1.15. The Morgan fingerprint density at radius 1 is 0.920 bits per heavy atom. The maximum absolute atomic E-state index is 12.4.